The van der Waals surface area contributed by atoms with Gasteiger partial charge in [0.1, 0.15) is 5.75 Å². The Bertz CT molecular complexity index is 760. The number of carbonyl (C=O) groups excluding carboxylic acids is 1. The van der Waals surface area contributed by atoms with E-state index in [1.165, 1.54) is 7.11 Å². The summed E-state index contributed by atoms with van der Waals surface area (Å²) in [6.45, 7) is 0. The van der Waals surface area contributed by atoms with E-state index in [0.717, 1.165) is 5.56 Å². The van der Waals surface area contributed by atoms with E-state index in [9.17, 15) is 9.90 Å². The number of benzene rings is 2. The summed E-state index contributed by atoms with van der Waals surface area (Å²) in [6, 6.07) is 14.5. The van der Waals surface area contributed by atoms with Crippen LogP contribution in [-0.4, -0.2) is 24.4 Å². The van der Waals surface area contributed by atoms with Gasteiger partial charge < -0.3 is 19.9 Å². The molecule has 2 heterocycles. The minimum Gasteiger partial charge on any atom is -0.464 e. The van der Waals surface area contributed by atoms with E-state index in [1.807, 2.05) is 30.3 Å². The normalized spacial score (nSPS) is 28.7. The first-order valence-corrected chi connectivity index (χ1v) is 7.08. The molecule has 1 amide bonds. The summed E-state index contributed by atoms with van der Waals surface area (Å²) in [7, 11) is 1.51. The summed E-state index contributed by atoms with van der Waals surface area (Å²) in [4.78, 5) is 12.5. The van der Waals surface area contributed by atoms with Gasteiger partial charge in [-0.1, -0.05) is 36.4 Å². The molecular formula is C17H15NO4. The molecule has 2 aromatic carbocycles. The Morgan fingerprint density at radius 3 is 2.73 bits per heavy atom. The molecule has 2 aliphatic heterocycles. The highest BCUT2D eigenvalue weighted by atomic mass is 16.7. The predicted molar refractivity (Wildman–Crippen MR) is 79.6 cm³/mol. The van der Waals surface area contributed by atoms with E-state index >= 15 is 0 Å². The van der Waals surface area contributed by atoms with Crippen molar-refractivity contribution in [1.82, 2.24) is 0 Å². The lowest BCUT2D eigenvalue weighted by Gasteiger charge is -2.30. The van der Waals surface area contributed by atoms with Crippen LogP contribution in [-0.2, 0) is 15.1 Å². The third kappa shape index (κ3) is 1.58. The molecular weight excluding hydrogens is 282 g/mol. The van der Waals surface area contributed by atoms with Crippen molar-refractivity contribution in [3.05, 3.63) is 59.7 Å². The highest BCUT2D eigenvalue weighted by Crippen LogP contribution is 2.52. The number of methoxy groups -OCH3 is 1. The van der Waals surface area contributed by atoms with Gasteiger partial charge in [0.15, 0.2) is 5.60 Å². The molecule has 0 aliphatic carbocycles. The molecule has 0 fully saturated rings. The van der Waals surface area contributed by atoms with Gasteiger partial charge in [-0.25, -0.2) is 0 Å². The average Bonchev–Trinajstić information content (AvgIpc) is 3.04. The van der Waals surface area contributed by atoms with E-state index in [-0.39, 0.29) is 0 Å². The van der Waals surface area contributed by atoms with Crippen LogP contribution in [0.2, 0.25) is 0 Å². The number of rotatable bonds is 2. The van der Waals surface area contributed by atoms with Gasteiger partial charge in [-0.3, -0.25) is 4.79 Å². The molecule has 2 N–H and O–H groups in total. The van der Waals surface area contributed by atoms with Gasteiger partial charge in [0.25, 0.3) is 5.91 Å². The molecule has 4 rings (SSSR count). The van der Waals surface area contributed by atoms with Gasteiger partial charge in [0.05, 0.1) is 5.92 Å². The number of para-hydroxylation sites is 2. The molecule has 2 aromatic rings. The molecule has 0 saturated carbocycles. The SMILES string of the molecule is CO[C@H]1Oc2ccccc2[C@@H]1[C@]1(O)C(=O)Nc2ccccc21. The van der Waals surface area contributed by atoms with E-state index in [4.69, 9.17) is 9.47 Å². The highest BCUT2D eigenvalue weighted by molar-refractivity contribution is 6.05. The topological polar surface area (TPSA) is 67.8 Å². The summed E-state index contributed by atoms with van der Waals surface area (Å²) >= 11 is 0. The number of anilines is 1. The molecule has 22 heavy (non-hydrogen) atoms. The molecule has 0 unspecified atom stereocenters. The molecule has 0 radical (unpaired) electrons. The molecule has 2 aliphatic rings. The number of fused-ring (bicyclic) bond motifs is 2. The fourth-order valence-electron chi connectivity index (χ4n) is 3.36. The zero-order valence-corrected chi connectivity index (χ0v) is 11.9. The summed E-state index contributed by atoms with van der Waals surface area (Å²) in [5.74, 6) is -0.455. The van der Waals surface area contributed by atoms with Crippen molar-refractivity contribution in [3.8, 4) is 5.75 Å². The third-order valence-electron chi connectivity index (χ3n) is 4.38. The number of aliphatic hydroxyl groups is 1. The van der Waals surface area contributed by atoms with Crippen LogP contribution in [0, 0.1) is 0 Å². The quantitative estimate of drug-likeness (QED) is 0.889. The number of hydrogen-bond donors (Lipinski definition) is 2. The Morgan fingerprint density at radius 1 is 1.18 bits per heavy atom. The van der Waals surface area contributed by atoms with Gasteiger partial charge in [0, 0.05) is 23.9 Å². The monoisotopic (exact) mass is 297 g/mol. The van der Waals surface area contributed by atoms with Crippen LogP contribution in [0.4, 0.5) is 5.69 Å². The molecule has 0 saturated heterocycles. The molecule has 5 nitrogen and oxygen atoms in total. The van der Waals surface area contributed by atoms with Crippen LogP contribution in [0.3, 0.4) is 0 Å². The highest BCUT2D eigenvalue weighted by Gasteiger charge is 2.58. The van der Waals surface area contributed by atoms with Crippen molar-refractivity contribution in [2.75, 3.05) is 12.4 Å². The van der Waals surface area contributed by atoms with Gasteiger partial charge in [-0.2, -0.15) is 0 Å². The maximum absolute atomic E-state index is 12.5. The van der Waals surface area contributed by atoms with Crippen LogP contribution < -0.4 is 10.1 Å². The van der Waals surface area contributed by atoms with Crippen molar-refractivity contribution < 1.29 is 19.4 Å². The summed E-state index contributed by atoms with van der Waals surface area (Å²) < 4.78 is 11.1. The Kier molecular flexibility index (Phi) is 2.76. The summed E-state index contributed by atoms with van der Waals surface area (Å²) in [5.41, 5.74) is 0.217. The van der Waals surface area contributed by atoms with Gasteiger partial charge in [-0.05, 0) is 12.1 Å². The number of carbonyl (C=O) groups is 1. The second kappa shape index (κ2) is 4.56. The van der Waals surface area contributed by atoms with Crippen LogP contribution >= 0.6 is 0 Å². The van der Waals surface area contributed by atoms with Crippen LogP contribution in [0.15, 0.2) is 48.5 Å². The Labute approximate surface area is 127 Å². The predicted octanol–water partition coefficient (Wildman–Crippen LogP) is 1.97. The molecule has 0 bridgehead atoms. The molecule has 5 heteroatoms. The van der Waals surface area contributed by atoms with Crippen molar-refractivity contribution >= 4 is 11.6 Å². The molecule has 3 atom stereocenters. The zero-order valence-electron chi connectivity index (χ0n) is 11.9. The number of ether oxygens (including phenoxy) is 2. The lowest BCUT2D eigenvalue weighted by atomic mass is 9.78. The number of amides is 1. The zero-order chi connectivity index (χ0) is 15.3. The number of hydrogen-bond acceptors (Lipinski definition) is 4. The van der Waals surface area contributed by atoms with E-state index < -0.39 is 23.7 Å². The maximum Gasteiger partial charge on any atom is 0.261 e. The fourth-order valence-corrected chi connectivity index (χ4v) is 3.36. The van der Waals surface area contributed by atoms with Crippen molar-refractivity contribution in [1.29, 1.82) is 0 Å². The molecule has 0 spiro atoms. The van der Waals surface area contributed by atoms with Crippen LogP contribution in [0.1, 0.15) is 17.0 Å². The first-order chi connectivity index (χ1) is 10.7. The van der Waals surface area contributed by atoms with E-state index in [2.05, 4.69) is 5.32 Å². The molecule has 112 valence electrons. The Hall–Kier alpha value is -2.37. The maximum atomic E-state index is 12.5. The lowest BCUT2D eigenvalue weighted by Crippen LogP contribution is -2.45. The smallest absolute Gasteiger partial charge is 0.261 e. The lowest BCUT2D eigenvalue weighted by molar-refractivity contribution is -0.150. The van der Waals surface area contributed by atoms with Crippen LogP contribution in [0.25, 0.3) is 0 Å². The fraction of sp³-hybridized carbons (Fsp3) is 0.235. The first-order valence-electron chi connectivity index (χ1n) is 7.08. The average molecular weight is 297 g/mol. The van der Waals surface area contributed by atoms with Crippen molar-refractivity contribution in [2.24, 2.45) is 0 Å². The van der Waals surface area contributed by atoms with Crippen molar-refractivity contribution in [3.63, 3.8) is 0 Å². The second-order valence-electron chi connectivity index (χ2n) is 5.50. The molecule has 0 aromatic heterocycles. The summed E-state index contributed by atoms with van der Waals surface area (Å²) in [6.07, 6.45) is -0.723. The van der Waals surface area contributed by atoms with Crippen LogP contribution in [0.5, 0.6) is 5.75 Å². The Morgan fingerprint density at radius 2 is 1.91 bits per heavy atom. The standard InChI is InChI=1S/C17H15NO4/c1-21-15-14(10-6-2-5-9-13(10)22-15)17(20)11-7-3-4-8-12(11)18-16(17)19/h2-9,14-15,20H,1H3,(H,18,19)/t14-,15-,17-/m0/s1. The van der Waals surface area contributed by atoms with Crippen molar-refractivity contribution in [2.45, 2.75) is 17.8 Å². The Balaban J connectivity index is 1.91. The van der Waals surface area contributed by atoms with Gasteiger partial charge in [-0.15, -0.1) is 0 Å². The van der Waals surface area contributed by atoms with E-state index in [0.29, 0.717) is 17.0 Å². The number of nitrogens with one attached hydrogen (secondary N) is 1. The minimum atomic E-state index is -1.72. The second-order valence-corrected chi connectivity index (χ2v) is 5.50. The van der Waals surface area contributed by atoms with E-state index in [1.54, 1.807) is 18.2 Å². The van der Waals surface area contributed by atoms with Gasteiger partial charge >= 0.3 is 0 Å². The minimum absolute atomic E-state index is 0.457. The first kappa shape index (κ1) is 13.3. The summed E-state index contributed by atoms with van der Waals surface area (Å²) in [5, 5.41) is 14.0. The largest absolute Gasteiger partial charge is 0.464 e. The third-order valence-corrected chi connectivity index (χ3v) is 4.38. The van der Waals surface area contributed by atoms with Gasteiger partial charge in [0.2, 0.25) is 6.29 Å².